The molecule has 2 aromatic rings. The molecule has 1 atom stereocenters. The van der Waals surface area contributed by atoms with E-state index in [2.05, 4.69) is 5.92 Å². The predicted molar refractivity (Wildman–Crippen MR) is 50.0 cm³/mol. The summed E-state index contributed by atoms with van der Waals surface area (Å²) >= 11 is 0. The Morgan fingerprint density at radius 1 is 1.38 bits per heavy atom. The van der Waals surface area contributed by atoms with E-state index in [0.717, 1.165) is 11.0 Å². The van der Waals surface area contributed by atoms with Crippen molar-refractivity contribution in [2.24, 2.45) is 0 Å². The first-order valence-corrected chi connectivity index (χ1v) is 3.93. The van der Waals surface area contributed by atoms with E-state index in [1.165, 1.54) is 6.26 Å². The molecule has 0 aliphatic rings. The monoisotopic (exact) mass is 172 g/mol. The van der Waals surface area contributed by atoms with Gasteiger partial charge in [-0.05, 0) is 6.07 Å². The van der Waals surface area contributed by atoms with Gasteiger partial charge in [-0.2, -0.15) is 0 Å². The zero-order valence-corrected chi connectivity index (χ0v) is 6.90. The number of aliphatic hydroxyl groups excluding tert-OH is 1. The lowest BCUT2D eigenvalue weighted by Gasteiger charge is -1.98. The maximum Gasteiger partial charge on any atom is 0.143 e. The van der Waals surface area contributed by atoms with Gasteiger partial charge in [-0.15, -0.1) is 6.42 Å². The Labute approximate surface area is 75.8 Å². The highest BCUT2D eigenvalue weighted by atomic mass is 16.3. The van der Waals surface area contributed by atoms with Gasteiger partial charge < -0.3 is 9.52 Å². The number of aliphatic hydroxyl groups is 1. The zero-order chi connectivity index (χ0) is 9.26. The lowest BCUT2D eigenvalue weighted by molar-refractivity contribution is 0.238. The first kappa shape index (κ1) is 7.90. The third-order valence-corrected chi connectivity index (χ3v) is 1.96. The molecule has 1 heterocycles. The Bertz CT molecular complexity index is 462. The average Bonchev–Trinajstić information content (AvgIpc) is 2.60. The second kappa shape index (κ2) is 2.96. The van der Waals surface area contributed by atoms with Crippen molar-refractivity contribution in [3.05, 3.63) is 36.1 Å². The van der Waals surface area contributed by atoms with Gasteiger partial charge in [-0.1, -0.05) is 24.1 Å². The van der Waals surface area contributed by atoms with Gasteiger partial charge in [-0.3, -0.25) is 0 Å². The molecule has 1 aromatic carbocycles. The highest BCUT2D eigenvalue weighted by Crippen LogP contribution is 2.25. The standard InChI is InChI=1S/C11H8O2/c1-2-10(12)9-7-13-11-6-4-3-5-8(9)11/h1,3-7,10,12H/t10-/m0/s1. The van der Waals surface area contributed by atoms with E-state index in [4.69, 9.17) is 10.8 Å². The number of hydrogen-bond acceptors (Lipinski definition) is 2. The maximum absolute atomic E-state index is 9.42. The van der Waals surface area contributed by atoms with Crippen LogP contribution < -0.4 is 0 Å². The number of terminal acetylenes is 1. The predicted octanol–water partition coefficient (Wildman–Crippen LogP) is 2.10. The summed E-state index contributed by atoms with van der Waals surface area (Å²) in [7, 11) is 0. The van der Waals surface area contributed by atoms with Crippen molar-refractivity contribution in [3.8, 4) is 12.3 Å². The first-order valence-electron chi connectivity index (χ1n) is 3.93. The van der Waals surface area contributed by atoms with Crippen LogP contribution in [0.4, 0.5) is 0 Å². The molecule has 0 aliphatic carbocycles. The largest absolute Gasteiger partial charge is 0.464 e. The minimum absolute atomic E-state index is 0.651. The molecule has 1 aromatic heterocycles. The summed E-state index contributed by atoms with van der Waals surface area (Å²) < 4.78 is 5.22. The second-order valence-corrected chi connectivity index (χ2v) is 2.76. The number of benzene rings is 1. The van der Waals surface area contributed by atoms with Crippen LogP contribution in [0.1, 0.15) is 11.7 Å². The minimum Gasteiger partial charge on any atom is -0.464 e. The maximum atomic E-state index is 9.42. The number of hydrogen-bond donors (Lipinski definition) is 1. The van der Waals surface area contributed by atoms with Crippen molar-refractivity contribution in [2.45, 2.75) is 6.10 Å². The first-order chi connectivity index (χ1) is 6.33. The smallest absolute Gasteiger partial charge is 0.143 e. The quantitative estimate of drug-likeness (QED) is 0.668. The highest BCUT2D eigenvalue weighted by Gasteiger charge is 2.10. The molecule has 1 N–H and O–H groups in total. The summed E-state index contributed by atoms with van der Waals surface area (Å²) in [6, 6.07) is 7.46. The average molecular weight is 172 g/mol. The Hall–Kier alpha value is -1.72. The third-order valence-electron chi connectivity index (χ3n) is 1.96. The van der Waals surface area contributed by atoms with E-state index in [9.17, 15) is 5.11 Å². The van der Waals surface area contributed by atoms with Crippen LogP contribution >= 0.6 is 0 Å². The molecule has 0 aliphatic heterocycles. The molecule has 2 rings (SSSR count). The van der Waals surface area contributed by atoms with Crippen molar-refractivity contribution >= 4 is 11.0 Å². The van der Waals surface area contributed by atoms with Gasteiger partial charge in [0.1, 0.15) is 11.7 Å². The van der Waals surface area contributed by atoms with Crippen LogP contribution in [-0.2, 0) is 0 Å². The molecule has 0 saturated carbocycles. The second-order valence-electron chi connectivity index (χ2n) is 2.76. The Kier molecular flexibility index (Phi) is 1.80. The molecular weight excluding hydrogens is 164 g/mol. The number of fused-ring (bicyclic) bond motifs is 1. The van der Waals surface area contributed by atoms with E-state index >= 15 is 0 Å². The van der Waals surface area contributed by atoms with Crippen molar-refractivity contribution in [1.29, 1.82) is 0 Å². The number of furan rings is 1. The van der Waals surface area contributed by atoms with Gasteiger partial charge in [0, 0.05) is 10.9 Å². The topological polar surface area (TPSA) is 33.4 Å². The van der Waals surface area contributed by atoms with Crippen LogP contribution in [0.25, 0.3) is 11.0 Å². The van der Waals surface area contributed by atoms with Gasteiger partial charge in [0.2, 0.25) is 0 Å². The van der Waals surface area contributed by atoms with Gasteiger partial charge in [0.05, 0.1) is 6.26 Å². The number of para-hydroxylation sites is 1. The minimum atomic E-state index is -0.886. The van der Waals surface area contributed by atoms with E-state index in [-0.39, 0.29) is 0 Å². The normalized spacial score (nSPS) is 12.6. The summed E-state index contributed by atoms with van der Waals surface area (Å²) in [4.78, 5) is 0. The summed E-state index contributed by atoms with van der Waals surface area (Å²) in [6.07, 6.45) is 5.72. The van der Waals surface area contributed by atoms with Crippen molar-refractivity contribution < 1.29 is 9.52 Å². The molecule has 13 heavy (non-hydrogen) atoms. The van der Waals surface area contributed by atoms with Crippen molar-refractivity contribution in [2.75, 3.05) is 0 Å². The summed E-state index contributed by atoms with van der Waals surface area (Å²) in [6.45, 7) is 0. The Morgan fingerprint density at radius 3 is 2.92 bits per heavy atom. The molecule has 0 amide bonds. The molecule has 0 saturated heterocycles. The van der Waals surface area contributed by atoms with E-state index in [0.29, 0.717) is 5.56 Å². The molecule has 0 radical (unpaired) electrons. The molecule has 0 spiro atoms. The molecule has 64 valence electrons. The van der Waals surface area contributed by atoms with Crippen LogP contribution in [0.5, 0.6) is 0 Å². The SMILES string of the molecule is C#C[C@H](O)c1coc2ccccc12. The molecule has 0 bridgehead atoms. The van der Waals surface area contributed by atoms with Gasteiger partial charge in [0.15, 0.2) is 0 Å². The van der Waals surface area contributed by atoms with Gasteiger partial charge in [-0.25, -0.2) is 0 Å². The Balaban J connectivity index is 2.66. The van der Waals surface area contributed by atoms with Gasteiger partial charge in [0.25, 0.3) is 0 Å². The molecule has 0 unspecified atom stereocenters. The fraction of sp³-hybridized carbons (Fsp3) is 0.0909. The lowest BCUT2D eigenvalue weighted by atomic mass is 10.1. The van der Waals surface area contributed by atoms with E-state index in [1.54, 1.807) is 0 Å². The molecular formula is C11H8O2. The van der Waals surface area contributed by atoms with Gasteiger partial charge >= 0.3 is 0 Å². The highest BCUT2D eigenvalue weighted by molar-refractivity contribution is 5.81. The van der Waals surface area contributed by atoms with Crippen LogP contribution in [0.15, 0.2) is 34.9 Å². The summed E-state index contributed by atoms with van der Waals surface area (Å²) in [5.41, 5.74) is 1.39. The fourth-order valence-electron chi connectivity index (χ4n) is 1.30. The van der Waals surface area contributed by atoms with E-state index < -0.39 is 6.10 Å². The Morgan fingerprint density at radius 2 is 2.15 bits per heavy atom. The lowest BCUT2D eigenvalue weighted by Crippen LogP contribution is -1.90. The van der Waals surface area contributed by atoms with Crippen molar-refractivity contribution in [1.82, 2.24) is 0 Å². The molecule has 0 fully saturated rings. The van der Waals surface area contributed by atoms with Crippen LogP contribution in [-0.4, -0.2) is 5.11 Å². The fourth-order valence-corrected chi connectivity index (χ4v) is 1.30. The molecule has 2 heteroatoms. The van der Waals surface area contributed by atoms with Crippen LogP contribution in [0, 0.1) is 12.3 Å². The summed E-state index contributed by atoms with van der Waals surface area (Å²) in [5.74, 6) is 2.26. The number of rotatable bonds is 1. The molecule has 2 nitrogen and oxygen atoms in total. The zero-order valence-electron chi connectivity index (χ0n) is 6.90. The van der Waals surface area contributed by atoms with Crippen LogP contribution in [0.3, 0.4) is 0 Å². The van der Waals surface area contributed by atoms with Crippen LogP contribution in [0.2, 0.25) is 0 Å². The van der Waals surface area contributed by atoms with Crippen molar-refractivity contribution in [3.63, 3.8) is 0 Å². The van der Waals surface area contributed by atoms with E-state index in [1.807, 2.05) is 24.3 Å². The summed E-state index contributed by atoms with van der Waals surface area (Å²) in [5, 5.41) is 10.3. The third kappa shape index (κ3) is 1.20.